The van der Waals surface area contributed by atoms with Gasteiger partial charge in [0.2, 0.25) is 0 Å². The molecule has 3 rings (SSSR count). The Balaban J connectivity index is 2.17. The van der Waals surface area contributed by atoms with Crippen LogP contribution in [-0.2, 0) is 11.3 Å². The second-order valence-electron chi connectivity index (χ2n) is 6.50. The molecule has 4 nitrogen and oxygen atoms in total. The number of ketones is 1. The summed E-state index contributed by atoms with van der Waals surface area (Å²) in [7, 11) is 1.35. The van der Waals surface area contributed by atoms with E-state index in [-0.39, 0.29) is 11.7 Å². The number of methoxy groups -OCH3 is 1. The Hall–Kier alpha value is -2.59. The fraction of sp³-hybridized carbons (Fsp3) is 0.238. The van der Waals surface area contributed by atoms with Crippen LogP contribution in [0, 0.1) is 5.92 Å². The highest BCUT2D eigenvalue weighted by atomic mass is 35.5. The summed E-state index contributed by atoms with van der Waals surface area (Å²) >= 11 is 6.29. The van der Waals surface area contributed by atoms with Gasteiger partial charge >= 0.3 is 5.97 Å². The van der Waals surface area contributed by atoms with E-state index in [0.29, 0.717) is 22.7 Å². The van der Waals surface area contributed by atoms with Crippen LogP contribution in [-0.4, -0.2) is 23.4 Å². The van der Waals surface area contributed by atoms with Gasteiger partial charge < -0.3 is 9.30 Å². The van der Waals surface area contributed by atoms with Gasteiger partial charge in [0.05, 0.1) is 12.7 Å². The highest BCUT2D eigenvalue weighted by Gasteiger charge is 2.19. The second-order valence-corrected chi connectivity index (χ2v) is 6.91. The van der Waals surface area contributed by atoms with Crippen molar-refractivity contribution in [3.63, 3.8) is 0 Å². The number of fused-ring (bicyclic) bond motifs is 1. The lowest BCUT2D eigenvalue weighted by Gasteiger charge is -2.08. The van der Waals surface area contributed by atoms with Gasteiger partial charge in [0, 0.05) is 40.1 Å². The number of carbonyl (C=O) groups is 2. The Morgan fingerprint density at radius 2 is 1.88 bits per heavy atom. The Morgan fingerprint density at radius 3 is 2.54 bits per heavy atom. The summed E-state index contributed by atoms with van der Waals surface area (Å²) in [6, 6.07) is 12.8. The maximum atomic E-state index is 12.6. The van der Waals surface area contributed by atoms with Gasteiger partial charge in [-0.2, -0.15) is 0 Å². The number of Topliss-reactive ketones (excluding diaryl/α,β-unsaturated/α-hetero) is 1. The third-order valence-corrected chi connectivity index (χ3v) is 4.76. The molecule has 2 aromatic carbocycles. The molecule has 1 aromatic heterocycles. The molecular weight excluding hydrogens is 350 g/mol. The summed E-state index contributed by atoms with van der Waals surface area (Å²) in [5, 5.41) is 1.48. The zero-order valence-corrected chi connectivity index (χ0v) is 15.7. The molecule has 0 aliphatic rings. The summed E-state index contributed by atoms with van der Waals surface area (Å²) in [6.45, 7) is 4.26. The highest BCUT2D eigenvalue weighted by molar-refractivity contribution is 6.31. The lowest BCUT2D eigenvalue weighted by atomic mass is 10.00. The quantitative estimate of drug-likeness (QED) is 0.471. The average Bonchev–Trinajstić information content (AvgIpc) is 3.00. The molecule has 3 aromatic rings. The molecule has 0 aliphatic carbocycles. The number of benzene rings is 2. The Labute approximate surface area is 157 Å². The van der Waals surface area contributed by atoms with Gasteiger partial charge in [0.15, 0.2) is 5.78 Å². The molecular formula is C21H20ClNO3. The molecule has 134 valence electrons. The Bertz CT molecular complexity index is 988. The van der Waals surface area contributed by atoms with Crippen LogP contribution >= 0.6 is 11.6 Å². The van der Waals surface area contributed by atoms with Crippen LogP contribution in [0.3, 0.4) is 0 Å². The molecule has 0 bridgehead atoms. The molecule has 0 radical (unpaired) electrons. The molecule has 0 amide bonds. The molecule has 0 spiro atoms. The number of esters is 1. The molecule has 0 saturated heterocycles. The van der Waals surface area contributed by atoms with Gasteiger partial charge in [0.1, 0.15) is 0 Å². The van der Waals surface area contributed by atoms with Crippen molar-refractivity contribution < 1.29 is 14.3 Å². The summed E-state index contributed by atoms with van der Waals surface area (Å²) in [6.07, 6.45) is 1.84. The Kier molecular flexibility index (Phi) is 5.14. The monoisotopic (exact) mass is 369 g/mol. The number of rotatable bonds is 5. The Morgan fingerprint density at radius 1 is 1.15 bits per heavy atom. The van der Waals surface area contributed by atoms with E-state index in [1.807, 2.05) is 48.9 Å². The minimum Gasteiger partial charge on any atom is -0.465 e. The molecule has 0 unspecified atom stereocenters. The van der Waals surface area contributed by atoms with E-state index in [1.54, 1.807) is 18.2 Å². The molecule has 0 saturated carbocycles. The number of nitrogens with zero attached hydrogens (tertiary/aromatic N) is 1. The zero-order chi connectivity index (χ0) is 18.8. The van der Waals surface area contributed by atoms with Crippen LogP contribution < -0.4 is 0 Å². The van der Waals surface area contributed by atoms with E-state index in [0.717, 1.165) is 16.5 Å². The number of halogens is 1. The van der Waals surface area contributed by atoms with Gasteiger partial charge in [-0.3, -0.25) is 4.79 Å². The average molecular weight is 370 g/mol. The minimum absolute atomic E-state index is 0.0683. The summed E-state index contributed by atoms with van der Waals surface area (Å²) in [5.74, 6) is -0.456. The normalized spacial score (nSPS) is 11.1. The van der Waals surface area contributed by atoms with Crippen molar-refractivity contribution in [1.82, 2.24) is 4.57 Å². The van der Waals surface area contributed by atoms with Gasteiger partial charge in [-0.05, 0) is 23.8 Å². The van der Waals surface area contributed by atoms with Crippen LogP contribution in [0.15, 0.2) is 48.7 Å². The van der Waals surface area contributed by atoms with E-state index in [4.69, 9.17) is 16.3 Å². The van der Waals surface area contributed by atoms with E-state index in [1.165, 1.54) is 7.11 Å². The van der Waals surface area contributed by atoms with E-state index < -0.39 is 5.97 Å². The summed E-state index contributed by atoms with van der Waals surface area (Å²) in [4.78, 5) is 24.5. The van der Waals surface area contributed by atoms with Crippen LogP contribution in [0.4, 0.5) is 0 Å². The first-order valence-electron chi connectivity index (χ1n) is 8.41. The van der Waals surface area contributed by atoms with Crippen molar-refractivity contribution in [2.45, 2.75) is 20.4 Å². The van der Waals surface area contributed by atoms with Crippen molar-refractivity contribution in [3.05, 3.63) is 70.4 Å². The summed E-state index contributed by atoms with van der Waals surface area (Å²) < 4.78 is 6.78. The van der Waals surface area contributed by atoms with Crippen LogP contribution in [0.5, 0.6) is 0 Å². The number of hydrogen-bond donors (Lipinski definition) is 0. The third-order valence-electron chi connectivity index (χ3n) is 4.39. The first-order valence-corrected chi connectivity index (χ1v) is 8.79. The first-order chi connectivity index (χ1) is 12.4. The predicted octanol–water partition coefficient (Wildman–Crippen LogP) is 4.97. The molecule has 5 heteroatoms. The lowest BCUT2D eigenvalue weighted by molar-refractivity contribution is 0.0600. The number of aromatic nitrogens is 1. The fourth-order valence-electron chi connectivity index (χ4n) is 2.99. The van der Waals surface area contributed by atoms with E-state index in [2.05, 4.69) is 0 Å². The molecule has 0 N–H and O–H groups in total. The third kappa shape index (κ3) is 3.37. The van der Waals surface area contributed by atoms with Gasteiger partial charge in [-0.1, -0.05) is 49.7 Å². The maximum absolute atomic E-state index is 12.6. The fourth-order valence-corrected chi connectivity index (χ4v) is 3.18. The van der Waals surface area contributed by atoms with Crippen LogP contribution in [0.2, 0.25) is 5.02 Å². The first kappa shape index (κ1) is 18.2. The van der Waals surface area contributed by atoms with Crippen molar-refractivity contribution in [2.75, 3.05) is 7.11 Å². The van der Waals surface area contributed by atoms with Gasteiger partial charge in [-0.15, -0.1) is 0 Å². The van der Waals surface area contributed by atoms with Crippen molar-refractivity contribution in [1.29, 1.82) is 0 Å². The van der Waals surface area contributed by atoms with Gasteiger partial charge in [-0.25, -0.2) is 4.79 Å². The molecule has 0 fully saturated rings. The lowest BCUT2D eigenvalue weighted by Crippen LogP contribution is -2.07. The van der Waals surface area contributed by atoms with E-state index in [9.17, 15) is 9.59 Å². The molecule has 1 heterocycles. The molecule has 0 atom stereocenters. The standard InChI is InChI=1S/C21H20ClNO3/c1-13(2)20(24)17-12-23(11-15-6-4-5-7-18(15)22)19-10-14(21(25)26-3)8-9-16(17)19/h4-10,12-13H,11H2,1-3H3. The molecule has 26 heavy (non-hydrogen) atoms. The van der Waals surface area contributed by atoms with Crippen LogP contribution in [0.1, 0.15) is 40.1 Å². The topological polar surface area (TPSA) is 48.3 Å². The number of carbonyl (C=O) groups excluding carboxylic acids is 2. The smallest absolute Gasteiger partial charge is 0.337 e. The van der Waals surface area contributed by atoms with Gasteiger partial charge in [0.25, 0.3) is 0 Å². The van der Waals surface area contributed by atoms with Crippen LogP contribution in [0.25, 0.3) is 10.9 Å². The van der Waals surface area contributed by atoms with Crippen molar-refractivity contribution >= 4 is 34.3 Å². The highest BCUT2D eigenvalue weighted by Crippen LogP contribution is 2.27. The zero-order valence-electron chi connectivity index (χ0n) is 15.0. The largest absolute Gasteiger partial charge is 0.465 e. The number of ether oxygens (including phenoxy) is 1. The SMILES string of the molecule is COC(=O)c1ccc2c(C(=O)C(C)C)cn(Cc3ccccc3Cl)c2c1. The van der Waals surface area contributed by atoms with E-state index >= 15 is 0 Å². The minimum atomic E-state index is -0.408. The predicted molar refractivity (Wildman–Crippen MR) is 103 cm³/mol. The van der Waals surface area contributed by atoms with Crippen molar-refractivity contribution in [3.8, 4) is 0 Å². The summed E-state index contributed by atoms with van der Waals surface area (Å²) in [5.41, 5.74) is 2.84. The van der Waals surface area contributed by atoms with Crippen molar-refractivity contribution in [2.24, 2.45) is 5.92 Å². The maximum Gasteiger partial charge on any atom is 0.337 e. The molecule has 0 aliphatic heterocycles. The second kappa shape index (κ2) is 7.34. The number of hydrogen-bond acceptors (Lipinski definition) is 3.